The lowest BCUT2D eigenvalue weighted by atomic mass is 10.2. The van der Waals surface area contributed by atoms with Crippen LogP contribution in [0, 0.1) is 6.92 Å². The van der Waals surface area contributed by atoms with Gasteiger partial charge < -0.3 is 0 Å². The van der Waals surface area contributed by atoms with Crippen LogP contribution in [0.3, 0.4) is 0 Å². The van der Waals surface area contributed by atoms with Crippen molar-refractivity contribution < 1.29 is 0 Å². The largest absolute Gasteiger partial charge is 0.265 e. The topological polar surface area (TPSA) is 25.8 Å². The molecule has 2 aromatic heterocycles. The highest BCUT2D eigenvalue weighted by molar-refractivity contribution is 7.16. The Morgan fingerprint density at radius 2 is 2.00 bits per heavy atom. The van der Waals surface area contributed by atoms with E-state index in [0.29, 0.717) is 0 Å². The van der Waals surface area contributed by atoms with E-state index in [4.69, 9.17) is 0 Å². The number of rotatable bonds is 2. The van der Waals surface area contributed by atoms with Crippen molar-refractivity contribution in [3.05, 3.63) is 41.2 Å². The van der Waals surface area contributed by atoms with Crippen LogP contribution >= 0.6 is 11.3 Å². The second kappa shape index (κ2) is 4.58. The molecule has 82 valence electrons. The summed E-state index contributed by atoms with van der Waals surface area (Å²) in [4.78, 5) is 9.89. The fourth-order valence-electron chi connectivity index (χ4n) is 1.51. The highest BCUT2D eigenvalue weighted by atomic mass is 32.1. The van der Waals surface area contributed by atoms with Gasteiger partial charge in [-0.1, -0.05) is 6.08 Å². The third kappa shape index (κ3) is 2.04. The Kier molecular flexibility index (Phi) is 3.15. The van der Waals surface area contributed by atoms with Crippen LogP contribution in [0.1, 0.15) is 24.4 Å². The Hall–Kier alpha value is -1.48. The molecule has 0 radical (unpaired) electrons. The molecule has 2 nitrogen and oxygen atoms in total. The molecule has 0 unspecified atom stereocenters. The average Bonchev–Trinajstić information content (AvgIpc) is 2.71. The van der Waals surface area contributed by atoms with Crippen LogP contribution in [0.15, 0.2) is 30.6 Å². The Bertz CT molecular complexity index is 512. The first-order chi connectivity index (χ1) is 7.72. The van der Waals surface area contributed by atoms with E-state index in [1.807, 2.05) is 12.1 Å². The van der Waals surface area contributed by atoms with Gasteiger partial charge in [0.25, 0.3) is 0 Å². The van der Waals surface area contributed by atoms with E-state index in [-0.39, 0.29) is 0 Å². The molecule has 0 spiro atoms. The lowest BCUT2D eigenvalue weighted by Crippen LogP contribution is -1.79. The number of pyridine rings is 1. The van der Waals surface area contributed by atoms with Gasteiger partial charge in [0.05, 0.1) is 10.6 Å². The van der Waals surface area contributed by atoms with Crippen LogP contribution in [0.2, 0.25) is 0 Å². The van der Waals surface area contributed by atoms with Crippen molar-refractivity contribution in [3.63, 3.8) is 0 Å². The van der Waals surface area contributed by atoms with Crippen molar-refractivity contribution in [3.8, 4) is 10.6 Å². The highest BCUT2D eigenvalue weighted by Crippen LogP contribution is 2.31. The molecule has 0 saturated carbocycles. The van der Waals surface area contributed by atoms with Gasteiger partial charge in [-0.15, -0.1) is 11.3 Å². The molecule has 2 aromatic rings. The maximum absolute atomic E-state index is 4.60. The number of aryl methyl sites for hydroxylation is 1. The molecule has 0 bridgehead atoms. The summed E-state index contributed by atoms with van der Waals surface area (Å²) in [7, 11) is 0. The number of allylic oxidation sites excluding steroid dienone is 2. The lowest BCUT2D eigenvalue weighted by molar-refractivity contribution is 1.24. The predicted octanol–water partition coefficient (Wildman–Crippen LogP) is 3.94. The van der Waals surface area contributed by atoms with E-state index in [1.165, 1.54) is 10.5 Å². The number of nitrogens with zero attached hydrogens (tertiary/aromatic N) is 2. The normalized spacial score (nSPS) is 11.8. The van der Waals surface area contributed by atoms with E-state index < -0.39 is 0 Å². The summed E-state index contributed by atoms with van der Waals surface area (Å²) >= 11 is 1.74. The summed E-state index contributed by atoms with van der Waals surface area (Å²) in [6.07, 6.45) is 5.72. The summed E-state index contributed by atoms with van der Waals surface area (Å²) in [5.41, 5.74) is 3.53. The molecule has 0 aromatic carbocycles. The molecule has 0 aliphatic heterocycles. The molecule has 3 heteroatoms. The van der Waals surface area contributed by atoms with E-state index in [1.54, 1.807) is 23.7 Å². The molecule has 2 rings (SSSR count). The van der Waals surface area contributed by atoms with Gasteiger partial charge in [-0.25, -0.2) is 4.98 Å². The maximum atomic E-state index is 4.60. The van der Waals surface area contributed by atoms with Gasteiger partial charge in [-0.2, -0.15) is 0 Å². The summed E-state index contributed by atoms with van der Waals surface area (Å²) < 4.78 is 0. The second-order valence-electron chi connectivity index (χ2n) is 3.64. The van der Waals surface area contributed by atoms with Crippen LogP contribution in [0.4, 0.5) is 0 Å². The zero-order chi connectivity index (χ0) is 11.5. The van der Waals surface area contributed by atoms with Gasteiger partial charge in [-0.05, 0) is 38.5 Å². The van der Waals surface area contributed by atoms with Crippen molar-refractivity contribution in [2.45, 2.75) is 20.8 Å². The summed E-state index contributed by atoms with van der Waals surface area (Å²) in [6, 6.07) is 3.99. The molecule has 0 atom stereocenters. The van der Waals surface area contributed by atoms with Crippen LogP contribution in [-0.4, -0.2) is 9.97 Å². The Balaban J connectivity index is 2.46. The predicted molar refractivity (Wildman–Crippen MR) is 69.4 cm³/mol. The van der Waals surface area contributed by atoms with Crippen molar-refractivity contribution in [2.75, 3.05) is 0 Å². The second-order valence-corrected chi connectivity index (χ2v) is 4.64. The fraction of sp³-hybridized carbons (Fsp3) is 0.231. The van der Waals surface area contributed by atoms with Gasteiger partial charge in [-0.3, -0.25) is 4.98 Å². The van der Waals surface area contributed by atoms with Crippen LogP contribution in [0.5, 0.6) is 0 Å². The van der Waals surface area contributed by atoms with E-state index in [0.717, 1.165) is 16.3 Å². The Morgan fingerprint density at radius 3 is 2.62 bits per heavy atom. The standard InChI is InChI=1S/C13H14N2S/c1-4-9(2)12-10(3)15-13(16-12)11-5-7-14-8-6-11/h4-8H,1-3H3. The first-order valence-corrected chi connectivity index (χ1v) is 6.05. The third-order valence-corrected chi connectivity index (χ3v) is 3.86. The average molecular weight is 230 g/mol. The van der Waals surface area contributed by atoms with Gasteiger partial charge in [0, 0.05) is 18.0 Å². The highest BCUT2D eigenvalue weighted by Gasteiger charge is 2.09. The molecule has 0 saturated heterocycles. The molecule has 16 heavy (non-hydrogen) atoms. The van der Waals surface area contributed by atoms with Gasteiger partial charge in [0.2, 0.25) is 0 Å². The molecular formula is C13H14N2S. The van der Waals surface area contributed by atoms with Crippen LogP contribution in [0.25, 0.3) is 16.1 Å². The minimum absolute atomic E-state index is 1.07. The molecule has 0 amide bonds. The van der Waals surface area contributed by atoms with Gasteiger partial charge in [0.1, 0.15) is 5.01 Å². The first-order valence-electron chi connectivity index (χ1n) is 5.23. The molecule has 0 aliphatic rings. The molecule has 0 N–H and O–H groups in total. The molecule has 2 heterocycles. The summed E-state index contributed by atoms with van der Waals surface area (Å²) in [5.74, 6) is 0. The maximum Gasteiger partial charge on any atom is 0.124 e. The number of thiazole rings is 1. The minimum Gasteiger partial charge on any atom is -0.265 e. The quantitative estimate of drug-likeness (QED) is 0.781. The molecule has 0 aliphatic carbocycles. The van der Waals surface area contributed by atoms with E-state index >= 15 is 0 Å². The van der Waals surface area contributed by atoms with E-state index in [9.17, 15) is 0 Å². The monoisotopic (exact) mass is 230 g/mol. The van der Waals surface area contributed by atoms with Crippen molar-refractivity contribution in [1.29, 1.82) is 0 Å². The van der Waals surface area contributed by atoms with Gasteiger partial charge >= 0.3 is 0 Å². The minimum atomic E-state index is 1.07. The Labute approximate surface area is 99.7 Å². The van der Waals surface area contributed by atoms with Crippen molar-refractivity contribution >= 4 is 16.9 Å². The number of aromatic nitrogens is 2. The van der Waals surface area contributed by atoms with E-state index in [2.05, 4.69) is 36.8 Å². The third-order valence-electron chi connectivity index (χ3n) is 2.52. The Morgan fingerprint density at radius 1 is 1.31 bits per heavy atom. The molecule has 0 fully saturated rings. The lowest BCUT2D eigenvalue weighted by Gasteiger charge is -1.94. The number of hydrogen-bond donors (Lipinski definition) is 0. The summed E-state index contributed by atoms with van der Waals surface area (Å²) in [6.45, 7) is 6.24. The SMILES string of the molecule is CC=C(C)c1sc(-c2ccncc2)nc1C. The smallest absolute Gasteiger partial charge is 0.124 e. The van der Waals surface area contributed by atoms with Crippen LogP contribution in [-0.2, 0) is 0 Å². The molecular weight excluding hydrogens is 216 g/mol. The zero-order valence-corrected chi connectivity index (χ0v) is 10.5. The number of hydrogen-bond acceptors (Lipinski definition) is 3. The first kappa shape index (κ1) is 11.0. The van der Waals surface area contributed by atoms with Crippen LogP contribution < -0.4 is 0 Å². The van der Waals surface area contributed by atoms with Crippen molar-refractivity contribution in [1.82, 2.24) is 9.97 Å². The van der Waals surface area contributed by atoms with Gasteiger partial charge in [0.15, 0.2) is 0 Å². The zero-order valence-electron chi connectivity index (χ0n) is 9.69. The summed E-state index contributed by atoms with van der Waals surface area (Å²) in [5, 5.41) is 1.07. The fourth-order valence-corrected chi connectivity index (χ4v) is 2.61. The van der Waals surface area contributed by atoms with Crippen molar-refractivity contribution in [2.24, 2.45) is 0 Å².